The highest BCUT2D eigenvalue weighted by Crippen LogP contribution is 2.11. The van der Waals surface area contributed by atoms with E-state index < -0.39 is 11.9 Å². The fraction of sp³-hybridized carbons (Fsp3) is 0.500. The number of carbonyl (C=O) groups excluding carboxylic acids is 1. The number of amides is 1. The largest absolute Gasteiger partial charge is 0.480 e. The van der Waals surface area contributed by atoms with Gasteiger partial charge in [0.25, 0.3) is 5.91 Å². The fourth-order valence-electron chi connectivity index (χ4n) is 1.46. The minimum absolute atomic E-state index is 0.157. The van der Waals surface area contributed by atoms with Gasteiger partial charge >= 0.3 is 5.97 Å². The summed E-state index contributed by atoms with van der Waals surface area (Å²) in [6, 6.07) is 3.27. The highest BCUT2D eigenvalue weighted by atomic mass is 16.5. The van der Waals surface area contributed by atoms with Crippen LogP contribution < -0.4 is 0 Å². The molecule has 1 aromatic heterocycles. The van der Waals surface area contributed by atoms with E-state index in [9.17, 15) is 9.59 Å². The van der Waals surface area contributed by atoms with E-state index in [0.717, 1.165) is 0 Å². The summed E-state index contributed by atoms with van der Waals surface area (Å²) >= 11 is 0. The van der Waals surface area contributed by atoms with Gasteiger partial charge in [0.2, 0.25) is 0 Å². The fourth-order valence-corrected chi connectivity index (χ4v) is 1.46. The van der Waals surface area contributed by atoms with Gasteiger partial charge in [0.1, 0.15) is 12.3 Å². The quantitative estimate of drug-likeness (QED) is 0.786. The van der Waals surface area contributed by atoms with E-state index in [4.69, 9.17) is 14.3 Å². The highest BCUT2D eigenvalue weighted by Gasteiger charge is 2.21. The molecule has 1 heterocycles. The van der Waals surface area contributed by atoms with Gasteiger partial charge in [0, 0.05) is 20.1 Å². The van der Waals surface area contributed by atoms with E-state index in [1.807, 2.05) is 6.92 Å². The molecular weight excluding hydrogens is 238 g/mol. The third-order valence-corrected chi connectivity index (χ3v) is 2.40. The molecule has 0 aliphatic carbocycles. The second-order valence-corrected chi connectivity index (χ2v) is 3.73. The van der Waals surface area contributed by atoms with Crippen LogP contribution in [0.4, 0.5) is 0 Å². The van der Waals surface area contributed by atoms with Crippen LogP contribution in [0.2, 0.25) is 0 Å². The smallest absolute Gasteiger partial charge is 0.323 e. The van der Waals surface area contributed by atoms with Crippen LogP contribution >= 0.6 is 0 Å². The number of carboxylic acids is 1. The molecule has 0 aromatic carbocycles. The Morgan fingerprint density at radius 3 is 2.67 bits per heavy atom. The van der Waals surface area contributed by atoms with Gasteiger partial charge < -0.3 is 19.2 Å². The molecule has 0 bridgehead atoms. The number of carboxylic acid groups (broad SMARTS) is 1. The first-order valence-corrected chi connectivity index (χ1v) is 5.67. The van der Waals surface area contributed by atoms with E-state index in [-0.39, 0.29) is 25.5 Å². The Balaban J connectivity index is 2.76. The summed E-state index contributed by atoms with van der Waals surface area (Å²) in [5.74, 6) is -0.652. The SMILES string of the molecule is CCc1ccc(C(=O)N(CCOC)CC(=O)O)o1. The zero-order chi connectivity index (χ0) is 13.5. The summed E-state index contributed by atoms with van der Waals surface area (Å²) in [6.07, 6.45) is 0.685. The molecule has 1 rings (SSSR count). The van der Waals surface area contributed by atoms with Gasteiger partial charge in [-0.1, -0.05) is 6.92 Å². The number of furan rings is 1. The van der Waals surface area contributed by atoms with Crippen molar-refractivity contribution < 1.29 is 23.8 Å². The number of nitrogens with zero attached hydrogens (tertiary/aromatic N) is 1. The molecule has 0 fully saturated rings. The van der Waals surface area contributed by atoms with Crippen LogP contribution in [0.5, 0.6) is 0 Å². The molecule has 100 valence electrons. The van der Waals surface area contributed by atoms with Crippen molar-refractivity contribution in [3.63, 3.8) is 0 Å². The maximum absolute atomic E-state index is 12.0. The number of rotatable bonds is 7. The van der Waals surface area contributed by atoms with Crippen molar-refractivity contribution in [2.75, 3.05) is 26.8 Å². The summed E-state index contributed by atoms with van der Waals surface area (Å²) in [5, 5.41) is 8.77. The zero-order valence-corrected chi connectivity index (χ0v) is 10.5. The van der Waals surface area contributed by atoms with Crippen molar-refractivity contribution in [3.05, 3.63) is 23.7 Å². The molecule has 0 unspecified atom stereocenters. The van der Waals surface area contributed by atoms with Gasteiger partial charge in [-0.3, -0.25) is 9.59 Å². The van der Waals surface area contributed by atoms with E-state index in [1.54, 1.807) is 12.1 Å². The van der Waals surface area contributed by atoms with Gasteiger partial charge in [-0.05, 0) is 12.1 Å². The minimum Gasteiger partial charge on any atom is -0.480 e. The van der Waals surface area contributed by atoms with Gasteiger partial charge in [-0.25, -0.2) is 0 Å². The van der Waals surface area contributed by atoms with Crippen LogP contribution in [0.15, 0.2) is 16.5 Å². The number of hydrogen-bond donors (Lipinski definition) is 1. The van der Waals surface area contributed by atoms with Crippen LogP contribution in [0.25, 0.3) is 0 Å². The van der Waals surface area contributed by atoms with Crippen molar-refractivity contribution in [1.82, 2.24) is 4.90 Å². The Morgan fingerprint density at radius 1 is 1.44 bits per heavy atom. The average Bonchev–Trinajstić information content (AvgIpc) is 2.81. The molecule has 6 nitrogen and oxygen atoms in total. The predicted molar refractivity (Wildman–Crippen MR) is 63.5 cm³/mol. The second kappa shape index (κ2) is 6.80. The van der Waals surface area contributed by atoms with Gasteiger partial charge in [0.05, 0.1) is 6.61 Å². The number of methoxy groups -OCH3 is 1. The summed E-state index contributed by atoms with van der Waals surface area (Å²) in [4.78, 5) is 23.9. The van der Waals surface area contributed by atoms with Gasteiger partial charge in [-0.2, -0.15) is 0 Å². The molecule has 1 amide bonds. The van der Waals surface area contributed by atoms with Crippen LogP contribution in [0, 0.1) is 0 Å². The summed E-state index contributed by atoms with van der Waals surface area (Å²) in [7, 11) is 1.49. The Labute approximate surface area is 105 Å². The normalized spacial score (nSPS) is 10.3. The lowest BCUT2D eigenvalue weighted by molar-refractivity contribution is -0.137. The minimum atomic E-state index is -1.07. The maximum Gasteiger partial charge on any atom is 0.323 e. The molecule has 0 radical (unpaired) electrons. The van der Waals surface area contributed by atoms with Gasteiger partial charge in [0.15, 0.2) is 5.76 Å². The van der Waals surface area contributed by atoms with Crippen molar-refractivity contribution >= 4 is 11.9 Å². The number of carbonyl (C=O) groups is 2. The first kappa shape index (κ1) is 14.2. The van der Waals surface area contributed by atoms with E-state index in [1.165, 1.54) is 12.0 Å². The topological polar surface area (TPSA) is 80.0 Å². The molecule has 0 spiro atoms. The number of aryl methyl sites for hydroxylation is 1. The van der Waals surface area contributed by atoms with Crippen LogP contribution in [0.1, 0.15) is 23.2 Å². The lowest BCUT2D eigenvalue weighted by atomic mass is 10.3. The molecule has 0 aliphatic heterocycles. The Hall–Kier alpha value is -1.82. The zero-order valence-electron chi connectivity index (χ0n) is 10.5. The van der Waals surface area contributed by atoms with E-state index in [0.29, 0.717) is 12.2 Å². The number of ether oxygens (including phenoxy) is 1. The van der Waals surface area contributed by atoms with E-state index >= 15 is 0 Å². The highest BCUT2D eigenvalue weighted by molar-refractivity contribution is 5.93. The lowest BCUT2D eigenvalue weighted by Crippen LogP contribution is -2.37. The van der Waals surface area contributed by atoms with Crippen molar-refractivity contribution in [1.29, 1.82) is 0 Å². The van der Waals surface area contributed by atoms with Crippen molar-refractivity contribution in [2.45, 2.75) is 13.3 Å². The third-order valence-electron chi connectivity index (χ3n) is 2.40. The summed E-state index contributed by atoms with van der Waals surface area (Å²) in [5.41, 5.74) is 0. The van der Waals surface area contributed by atoms with Crippen molar-refractivity contribution in [3.8, 4) is 0 Å². The Morgan fingerprint density at radius 2 is 2.17 bits per heavy atom. The number of hydrogen-bond acceptors (Lipinski definition) is 4. The monoisotopic (exact) mass is 255 g/mol. The van der Waals surface area contributed by atoms with Crippen LogP contribution in [0.3, 0.4) is 0 Å². The molecule has 0 saturated carbocycles. The lowest BCUT2D eigenvalue weighted by Gasteiger charge is -2.18. The second-order valence-electron chi connectivity index (χ2n) is 3.73. The van der Waals surface area contributed by atoms with Crippen LogP contribution in [-0.2, 0) is 16.0 Å². The standard InChI is InChI=1S/C12H17NO5/c1-3-9-4-5-10(18-9)12(16)13(6-7-17-2)8-11(14)15/h4-5H,3,6-8H2,1-2H3,(H,14,15). The summed E-state index contributed by atoms with van der Waals surface area (Å²) in [6.45, 7) is 2.03. The van der Waals surface area contributed by atoms with E-state index in [2.05, 4.69) is 0 Å². The Bertz CT molecular complexity index is 412. The molecule has 6 heteroatoms. The molecule has 1 aromatic rings. The number of aliphatic carboxylic acids is 1. The molecule has 0 atom stereocenters. The molecule has 1 N–H and O–H groups in total. The maximum atomic E-state index is 12.0. The predicted octanol–water partition coefficient (Wildman–Crippen LogP) is 1.02. The average molecular weight is 255 g/mol. The molecule has 18 heavy (non-hydrogen) atoms. The Kier molecular flexibility index (Phi) is 5.38. The third kappa shape index (κ3) is 3.89. The van der Waals surface area contributed by atoms with Crippen molar-refractivity contribution in [2.24, 2.45) is 0 Å². The first-order chi connectivity index (χ1) is 8.58. The van der Waals surface area contributed by atoms with Crippen LogP contribution in [-0.4, -0.2) is 48.7 Å². The first-order valence-electron chi connectivity index (χ1n) is 5.67. The molecular formula is C12H17NO5. The molecule has 0 aliphatic rings. The molecule has 0 saturated heterocycles. The summed E-state index contributed by atoms with van der Waals surface area (Å²) < 4.78 is 10.2. The van der Waals surface area contributed by atoms with Gasteiger partial charge in [-0.15, -0.1) is 0 Å².